The number of nitrogens with zero attached hydrogens (tertiary/aromatic N) is 1. The highest BCUT2D eigenvalue weighted by atomic mass is 79.9. The first-order chi connectivity index (χ1) is 15.2. The summed E-state index contributed by atoms with van der Waals surface area (Å²) in [5.74, 6) is -0.957. The summed E-state index contributed by atoms with van der Waals surface area (Å²) in [4.78, 5) is 12.6. The maximum atomic E-state index is 14.4. The first-order valence-corrected chi connectivity index (χ1v) is 12.2. The van der Waals surface area contributed by atoms with Gasteiger partial charge in [0, 0.05) is 22.8 Å². The highest BCUT2D eigenvalue weighted by molar-refractivity contribution is 9.10. The molecule has 9 heteroatoms. The Bertz CT molecular complexity index is 1220. The largest absolute Gasteiger partial charge is 0.380 e. The summed E-state index contributed by atoms with van der Waals surface area (Å²) in [5, 5.41) is 2.83. The number of rotatable bonds is 8. The monoisotopic (exact) mass is 520 g/mol. The van der Waals surface area contributed by atoms with Gasteiger partial charge in [0.1, 0.15) is 5.82 Å². The zero-order valence-electron chi connectivity index (χ0n) is 17.5. The number of hydrogen-bond donors (Lipinski definition) is 1. The second kappa shape index (κ2) is 10.2. The number of amides is 1. The molecule has 1 N–H and O–H groups in total. The molecule has 3 aromatic rings. The van der Waals surface area contributed by atoms with E-state index >= 15 is 0 Å². The van der Waals surface area contributed by atoms with E-state index in [9.17, 15) is 17.6 Å². The molecular formula is C23H22BrFN2O4S. The van der Waals surface area contributed by atoms with Crippen LogP contribution >= 0.6 is 15.9 Å². The fourth-order valence-electron chi connectivity index (χ4n) is 3.10. The summed E-state index contributed by atoms with van der Waals surface area (Å²) in [6, 6.07) is 18.0. The lowest BCUT2D eigenvalue weighted by molar-refractivity contribution is 0.102. The summed E-state index contributed by atoms with van der Waals surface area (Å²) in [6.07, 6.45) is 1.02. The molecule has 0 aliphatic carbocycles. The zero-order valence-corrected chi connectivity index (χ0v) is 19.9. The molecule has 0 saturated heterocycles. The van der Waals surface area contributed by atoms with Gasteiger partial charge in [0.05, 0.1) is 25.1 Å². The third-order valence-electron chi connectivity index (χ3n) is 4.62. The molecule has 3 aromatic carbocycles. The lowest BCUT2D eigenvalue weighted by Gasteiger charge is -2.23. The summed E-state index contributed by atoms with van der Waals surface area (Å²) in [7, 11) is -2.14. The van der Waals surface area contributed by atoms with Gasteiger partial charge in [-0.3, -0.25) is 9.10 Å². The predicted octanol–water partition coefficient (Wildman–Crippen LogP) is 4.95. The molecule has 6 nitrogen and oxygen atoms in total. The van der Waals surface area contributed by atoms with Crippen molar-refractivity contribution < 1.29 is 22.3 Å². The van der Waals surface area contributed by atoms with Gasteiger partial charge >= 0.3 is 0 Å². The van der Waals surface area contributed by atoms with Crippen molar-refractivity contribution in [3.63, 3.8) is 0 Å². The van der Waals surface area contributed by atoms with Crippen LogP contribution in [-0.4, -0.2) is 27.7 Å². The molecule has 168 valence electrons. The van der Waals surface area contributed by atoms with E-state index in [1.54, 1.807) is 43.5 Å². The molecule has 0 aliphatic heterocycles. The van der Waals surface area contributed by atoms with Crippen LogP contribution in [-0.2, 0) is 27.9 Å². The van der Waals surface area contributed by atoms with Gasteiger partial charge in [-0.1, -0.05) is 40.2 Å². The smallest absolute Gasteiger partial charge is 0.255 e. The van der Waals surface area contributed by atoms with Gasteiger partial charge in [0.2, 0.25) is 10.0 Å². The lowest BCUT2D eigenvalue weighted by atomic mass is 10.1. The van der Waals surface area contributed by atoms with Crippen molar-refractivity contribution in [2.45, 2.75) is 13.2 Å². The molecule has 0 unspecified atom stereocenters. The van der Waals surface area contributed by atoms with Gasteiger partial charge in [0.15, 0.2) is 0 Å². The van der Waals surface area contributed by atoms with Gasteiger partial charge in [0.25, 0.3) is 5.91 Å². The average molecular weight is 521 g/mol. The molecule has 0 fully saturated rings. The number of sulfonamides is 1. The Morgan fingerprint density at radius 2 is 1.78 bits per heavy atom. The molecule has 1 amide bonds. The minimum absolute atomic E-state index is 0.0477. The van der Waals surface area contributed by atoms with Crippen LogP contribution in [0.5, 0.6) is 0 Å². The predicted molar refractivity (Wildman–Crippen MR) is 127 cm³/mol. The zero-order chi connectivity index (χ0) is 23.3. The number of anilines is 2. The third kappa shape index (κ3) is 6.15. The quantitative estimate of drug-likeness (QED) is 0.455. The molecule has 0 spiro atoms. The van der Waals surface area contributed by atoms with Crippen molar-refractivity contribution in [2.75, 3.05) is 23.0 Å². The minimum Gasteiger partial charge on any atom is -0.380 e. The van der Waals surface area contributed by atoms with E-state index in [4.69, 9.17) is 4.74 Å². The van der Waals surface area contributed by atoms with Crippen LogP contribution in [0.3, 0.4) is 0 Å². The van der Waals surface area contributed by atoms with Crippen molar-refractivity contribution in [1.82, 2.24) is 0 Å². The van der Waals surface area contributed by atoms with Crippen molar-refractivity contribution in [1.29, 1.82) is 0 Å². The van der Waals surface area contributed by atoms with Gasteiger partial charge < -0.3 is 10.1 Å². The molecule has 0 heterocycles. The van der Waals surface area contributed by atoms with Crippen LogP contribution in [0.25, 0.3) is 0 Å². The van der Waals surface area contributed by atoms with E-state index in [-0.39, 0.29) is 18.1 Å². The second-order valence-electron chi connectivity index (χ2n) is 7.15. The first-order valence-electron chi connectivity index (χ1n) is 9.58. The van der Waals surface area contributed by atoms with Crippen LogP contribution in [0.15, 0.2) is 71.2 Å². The fraction of sp³-hybridized carbons (Fsp3) is 0.174. The number of benzene rings is 3. The number of carbonyl (C=O) groups excluding carboxylic acids is 1. The van der Waals surface area contributed by atoms with Crippen LogP contribution in [0.2, 0.25) is 0 Å². The number of halogens is 2. The highest BCUT2D eigenvalue weighted by Gasteiger charge is 2.21. The van der Waals surface area contributed by atoms with Crippen LogP contribution in [0.4, 0.5) is 15.8 Å². The first kappa shape index (κ1) is 23.9. The molecule has 0 bridgehead atoms. The molecular weight excluding hydrogens is 499 g/mol. The number of nitrogens with one attached hydrogen (secondary N) is 1. The number of hydrogen-bond acceptors (Lipinski definition) is 4. The van der Waals surface area contributed by atoms with E-state index in [0.717, 1.165) is 16.1 Å². The normalized spacial score (nSPS) is 11.2. The molecule has 0 radical (unpaired) electrons. The van der Waals surface area contributed by atoms with E-state index < -0.39 is 15.8 Å². The van der Waals surface area contributed by atoms with Gasteiger partial charge in [-0.2, -0.15) is 0 Å². The second-order valence-corrected chi connectivity index (χ2v) is 9.97. The minimum atomic E-state index is -3.74. The van der Waals surface area contributed by atoms with Crippen molar-refractivity contribution in [3.8, 4) is 0 Å². The van der Waals surface area contributed by atoms with E-state index in [1.165, 1.54) is 12.1 Å². The maximum Gasteiger partial charge on any atom is 0.255 e. The summed E-state index contributed by atoms with van der Waals surface area (Å²) in [5.41, 5.74) is 2.54. The average Bonchev–Trinajstić information content (AvgIpc) is 2.73. The fourth-order valence-corrected chi connectivity index (χ4v) is 4.32. The topological polar surface area (TPSA) is 75.7 Å². The van der Waals surface area contributed by atoms with Crippen LogP contribution < -0.4 is 9.62 Å². The Kier molecular flexibility index (Phi) is 7.65. The van der Waals surface area contributed by atoms with E-state index in [0.29, 0.717) is 27.9 Å². The number of ether oxygens (including phenoxy) is 1. The van der Waals surface area contributed by atoms with Gasteiger partial charge in [-0.05, 0) is 53.6 Å². The molecule has 0 aromatic heterocycles. The van der Waals surface area contributed by atoms with Crippen molar-refractivity contribution >= 4 is 43.2 Å². The summed E-state index contributed by atoms with van der Waals surface area (Å²) >= 11 is 3.17. The lowest BCUT2D eigenvalue weighted by Crippen LogP contribution is -2.30. The van der Waals surface area contributed by atoms with E-state index in [2.05, 4.69) is 21.2 Å². The van der Waals surface area contributed by atoms with Crippen LogP contribution in [0, 0.1) is 5.82 Å². The molecule has 0 aliphatic rings. The third-order valence-corrected chi connectivity index (χ3v) is 6.24. The Morgan fingerprint density at radius 3 is 2.41 bits per heavy atom. The maximum absolute atomic E-state index is 14.4. The SMILES string of the molecule is COCc1cccc(NC(=O)c2ccc(CN(c3ccc(Br)cc3F)S(C)(=O)=O)cc2)c1. The Morgan fingerprint density at radius 1 is 1.06 bits per heavy atom. The van der Waals surface area contributed by atoms with E-state index in [1.807, 2.05) is 18.2 Å². The standard InChI is InChI=1S/C23H22BrFN2O4S/c1-31-15-17-4-3-5-20(12-17)26-23(28)18-8-6-16(7-9-18)14-27(32(2,29)30)22-11-10-19(24)13-21(22)25/h3-13H,14-15H2,1-2H3,(H,26,28). The summed E-state index contributed by atoms with van der Waals surface area (Å²) in [6.45, 7) is 0.368. The molecule has 3 rings (SSSR count). The Labute approximate surface area is 195 Å². The number of carbonyl (C=O) groups is 1. The van der Waals surface area contributed by atoms with Gasteiger partial charge in [-0.15, -0.1) is 0 Å². The van der Waals surface area contributed by atoms with Crippen molar-refractivity contribution in [3.05, 3.63) is 93.7 Å². The number of methoxy groups -OCH3 is 1. The summed E-state index contributed by atoms with van der Waals surface area (Å²) < 4.78 is 45.6. The Balaban J connectivity index is 1.76. The van der Waals surface area contributed by atoms with Gasteiger partial charge in [-0.25, -0.2) is 12.8 Å². The molecule has 0 atom stereocenters. The highest BCUT2D eigenvalue weighted by Crippen LogP contribution is 2.27. The van der Waals surface area contributed by atoms with Crippen LogP contribution in [0.1, 0.15) is 21.5 Å². The van der Waals surface area contributed by atoms with Crippen molar-refractivity contribution in [2.24, 2.45) is 0 Å². The molecule has 0 saturated carbocycles. The Hall–Kier alpha value is -2.75. The molecule has 32 heavy (non-hydrogen) atoms.